The second-order valence-electron chi connectivity index (χ2n) is 25.2. The van der Waals surface area contributed by atoms with Gasteiger partial charge in [-0.1, -0.05) is 245 Å². The fourth-order valence-corrected chi connectivity index (χ4v) is 12.3. The smallest absolute Gasteiger partial charge is 0.0865 e. The maximum Gasteiger partial charge on any atom is 0.0865 e. The molecule has 5 heteroatoms. The summed E-state index contributed by atoms with van der Waals surface area (Å²) in [5.74, 6) is -0.345. The first-order chi connectivity index (χ1) is 40.7. The maximum absolute atomic E-state index is 12.4. The Labute approximate surface area is 511 Å². The minimum Gasteiger partial charge on any atom is -0.197 e. The number of nitrogens with zero attached hydrogens (tertiary/aromatic N) is 5. The van der Waals surface area contributed by atoms with Crippen LogP contribution in [0.25, 0.3) is 0 Å². The van der Waals surface area contributed by atoms with Crippen LogP contribution in [-0.2, 0) is 38.5 Å². The first-order valence-electron chi connectivity index (χ1n) is 30.2. The van der Waals surface area contributed by atoms with Crippen LogP contribution in [0.3, 0.4) is 0 Å². The van der Waals surface area contributed by atoms with Gasteiger partial charge in [0.05, 0.1) is 57.4 Å². The minimum absolute atomic E-state index is 0.323. The predicted octanol–water partition coefficient (Wildman–Crippen LogP) is 19.7. The van der Waals surface area contributed by atoms with Crippen molar-refractivity contribution in [2.45, 2.75) is 133 Å². The summed E-state index contributed by atoms with van der Waals surface area (Å²) in [6.07, 6.45) is 17.1. The van der Waals surface area contributed by atoms with E-state index in [1.54, 1.807) is 6.08 Å². The monoisotopic (exact) mass is 1120 g/mol. The zero-order chi connectivity index (χ0) is 61.7. The molecule has 0 N–H and O–H groups in total. The highest BCUT2D eigenvalue weighted by Crippen LogP contribution is 2.50. The van der Waals surface area contributed by atoms with Crippen LogP contribution >= 0.6 is 0 Å². The first kappa shape index (κ1) is 65.4. The van der Waals surface area contributed by atoms with Crippen LogP contribution in [-0.4, -0.2) is 0 Å². The average molecular weight is 1120 g/mol. The van der Waals surface area contributed by atoms with Crippen molar-refractivity contribution in [2.75, 3.05) is 0 Å². The van der Waals surface area contributed by atoms with Gasteiger partial charge in [-0.3, -0.25) is 0 Å². The molecule has 0 aliphatic heterocycles. The van der Waals surface area contributed by atoms with Crippen molar-refractivity contribution >= 4 is 0 Å². The van der Waals surface area contributed by atoms with Crippen LogP contribution in [0.2, 0.25) is 0 Å². The molecular formula is C80H87N5. The standard InChI is InChI=1S/C80H87N5/c1-12-78(58-83,52-66-30-21-16-22-31-66)45-27-36-70(49-64(7)79(13-2,59-84)53-67-32-23-17-24-33-67)74(77(11,57-82)51-65-28-19-15-20-29-65)72(43-46-75(8,9)55-71-42-39-62(5)48-63(71)6)73(80(14-3,60-85)54-68-34-25-18-26-35-68)44-47-76(10,56-81)50-69-40-37-61(4)38-41-69/h12-13,15-26,28-35,37-44,46-48,64H,1-2,14,27,36,45,49-55H2,3-11H3. The lowest BCUT2D eigenvalue weighted by molar-refractivity contribution is 0.320. The molecule has 0 aromatic heterocycles. The third kappa shape index (κ3) is 17.2. The van der Waals surface area contributed by atoms with Gasteiger partial charge in [-0.15, -0.1) is 13.2 Å². The summed E-state index contributed by atoms with van der Waals surface area (Å²) in [4.78, 5) is 0. The molecule has 0 spiro atoms. The predicted molar refractivity (Wildman–Crippen MR) is 351 cm³/mol. The Bertz CT molecular complexity index is 3570. The van der Waals surface area contributed by atoms with E-state index in [4.69, 9.17) is 0 Å². The second-order valence-corrected chi connectivity index (χ2v) is 25.2. The van der Waals surface area contributed by atoms with Crippen molar-refractivity contribution in [3.05, 3.63) is 286 Å². The Morgan fingerprint density at radius 2 is 1.06 bits per heavy atom. The molecule has 0 heterocycles. The molecule has 432 valence electrons. The van der Waals surface area contributed by atoms with E-state index in [2.05, 4.69) is 201 Å². The van der Waals surface area contributed by atoms with Crippen molar-refractivity contribution < 1.29 is 0 Å². The Kier molecular flexibility index (Phi) is 22.8. The van der Waals surface area contributed by atoms with Crippen LogP contribution in [0.15, 0.2) is 236 Å². The van der Waals surface area contributed by atoms with Crippen molar-refractivity contribution in [1.29, 1.82) is 26.3 Å². The summed E-state index contributed by atoms with van der Waals surface area (Å²) in [6.45, 7) is 27.6. The van der Waals surface area contributed by atoms with Crippen molar-refractivity contribution in [1.82, 2.24) is 0 Å². The molecule has 0 radical (unpaired) electrons. The molecule has 0 saturated heterocycles. The molecule has 0 saturated carbocycles. The molecule has 6 aromatic carbocycles. The normalized spacial score (nSPS) is 16.1. The lowest BCUT2D eigenvalue weighted by Crippen LogP contribution is -2.31. The van der Waals surface area contributed by atoms with E-state index < -0.39 is 32.5 Å². The minimum atomic E-state index is -1.27. The third-order valence-corrected chi connectivity index (χ3v) is 17.6. The first-order valence-corrected chi connectivity index (χ1v) is 30.2. The van der Waals surface area contributed by atoms with Gasteiger partial charge in [0.2, 0.25) is 0 Å². The number of rotatable bonds is 29. The number of hydrogen-bond donors (Lipinski definition) is 0. The molecule has 5 nitrogen and oxygen atoms in total. The number of nitriles is 5. The van der Waals surface area contributed by atoms with Gasteiger partial charge in [0, 0.05) is 0 Å². The second kappa shape index (κ2) is 29.6. The molecular weight excluding hydrogens is 1030 g/mol. The van der Waals surface area contributed by atoms with E-state index in [0.29, 0.717) is 76.2 Å². The van der Waals surface area contributed by atoms with Gasteiger partial charge in [-0.25, -0.2) is 0 Å². The summed E-state index contributed by atoms with van der Waals surface area (Å²) >= 11 is 0. The van der Waals surface area contributed by atoms with Gasteiger partial charge in [0.15, 0.2) is 0 Å². The van der Waals surface area contributed by atoms with E-state index >= 15 is 0 Å². The zero-order valence-electron chi connectivity index (χ0n) is 52.1. The SMILES string of the molecule is C=CC(C#N)(CCCC(CC(C)C(C#N)(C=C)Cc1ccccc1)=C(C(C=CC(C)(C)Cc1ccc(C)cc1C)=C(C=CC(C)(C#N)Cc1ccc(C)cc1)C(C#N)(CC)Cc1ccccc1)C(C)(C#N)Cc1ccccc1)Cc1ccccc1. The van der Waals surface area contributed by atoms with Gasteiger partial charge in [0.1, 0.15) is 0 Å². The molecule has 6 atom stereocenters. The highest BCUT2D eigenvalue weighted by Gasteiger charge is 2.42. The number of aryl methyl sites for hydroxylation is 3. The fraction of sp³-hybridized carbons (Fsp3) is 0.338. The molecule has 6 aromatic rings. The molecule has 6 rings (SSSR count). The summed E-state index contributed by atoms with van der Waals surface area (Å²) in [5, 5.41) is 58.7. The molecule has 0 aliphatic rings. The fourth-order valence-electron chi connectivity index (χ4n) is 12.3. The largest absolute Gasteiger partial charge is 0.197 e. The number of benzene rings is 6. The molecule has 0 aliphatic carbocycles. The average Bonchev–Trinajstić information content (AvgIpc) is 1.43. The van der Waals surface area contributed by atoms with Crippen LogP contribution in [0, 0.1) is 116 Å². The quantitative estimate of drug-likeness (QED) is 0.0342. The van der Waals surface area contributed by atoms with Crippen LogP contribution in [0.4, 0.5) is 0 Å². The lowest BCUT2D eigenvalue weighted by Gasteiger charge is -2.37. The molecule has 0 fully saturated rings. The van der Waals surface area contributed by atoms with Gasteiger partial charge in [-0.05, 0) is 172 Å². The van der Waals surface area contributed by atoms with Crippen LogP contribution in [0.5, 0.6) is 0 Å². The third-order valence-electron chi connectivity index (χ3n) is 17.6. The van der Waals surface area contributed by atoms with Crippen molar-refractivity contribution in [3.63, 3.8) is 0 Å². The zero-order valence-corrected chi connectivity index (χ0v) is 52.1. The van der Waals surface area contributed by atoms with Crippen LogP contribution < -0.4 is 0 Å². The maximum atomic E-state index is 12.4. The van der Waals surface area contributed by atoms with E-state index in [-0.39, 0.29) is 5.92 Å². The molecule has 6 unspecified atom stereocenters. The van der Waals surface area contributed by atoms with E-state index in [0.717, 1.165) is 50.1 Å². The van der Waals surface area contributed by atoms with Crippen molar-refractivity contribution in [2.24, 2.45) is 38.4 Å². The van der Waals surface area contributed by atoms with E-state index in [9.17, 15) is 26.3 Å². The molecule has 0 amide bonds. The number of hydrogen-bond acceptors (Lipinski definition) is 5. The van der Waals surface area contributed by atoms with E-state index in [1.807, 2.05) is 98.8 Å². The topological polar surface area (TPSA) is 119 Å². The molecule has 0 bridgehead atoms. The summed E-state index contributed by atoms with van der Waals surface area (Å²) in [7, 11) is 0. The highest BCUT2D eigenvalue weighted by molar-refractivity contribution is 5.59. The van der Waals surface area contributed by atoms with Gasteiger partial charge < -0.3 is 0 Å². The lowest BCUT2D eigenvalue weighted by atomic mass is 9.64. The summed E-state index contributed by atoms with van der Waals surface area (Å²) in [5.41, 5.74) is 7.02. The Hall–Kier alpha value is -8.79. The highest BCUT2D eigenvalue weighted by atomic mass is 14.5. The Balaban J connectivity index is 1.83. The van der Waals surface area contributed by atoms with Crippen molar-refractivity contribution in [3.8, 4) is 30.3 Å². The van der Waals surface area contributed by atoms with Gasteiger partial charge >= 0.3 is 0 Å². The van der Waals surface area contributed by atoms with Crippen LogP contribution in [0.1, 0.15) is 124 Å². The Morgan fingerprint density at radius 3 is 1.54 bits per heavy atom. The molecule has 85 heavy (non-hydrogen) atoms. The Morgan fingerprint density at radius 1 is 0.529 bits per heavy atom. The van der Waals surface area contributed by atoms with E-state index in [1.165, 1.54) is 16.7 Å². The summed E-state index contributed by atoms with van der Waals surface area (Å²) < 4.78 is 0. The number of allylic oxidation sites excluding steroid dienone is 10. The van der Waals surface area contributed by atoms with Gasteiger partial charge in [-0.2, -0.15) is 26.3 Å². The van der Waals surface area contributed by atoms with Gasteiger partial charge in [0.25, 0.3) is 0 Å². The summed E-state index contributed by atoms with van der Waals surface area (Å²) in [6, 6.07) is 69.4.